The molecule has 0 bridgehead atoms. The van der Waals surface area contributed by atoms with Gasteiger partial charge in [-0.15, -0.1) is 0 Å². The monoisotopic (exact) mass is 296 g/mol. The summed E-state index contributed by atoms with van der Waals surface area (Å²) in [5, 5.41) is 0. The standard InChI is InChI=1S/C17H37BOSi/c1-9-18(10-2)13-11-12-14-19-20(15(3)4,16(5)6)17(7)8/h12,14-17H,9-11,13H2,1-8H3/b14-12+. The summed E-state index contributed by atoms with van der Waals surface area (Å²) in [5.74, 6) is 0. The van der Waals surface area contributed by atoms with Crippen LogP contribution in [0, 0.1) is 0 Å². The predicted octanol–water partition coefficient (Wildman–Crippen LogP) is 6.62. The normalized spacial score (nSPS) is 12.9. The molecule has 0 aromatic heterocycles. The summed E-state index contributed by atoms with van der Waals surface area (Å²) >= 11 is 0. The average molecular weight is 296 g/mol. The zero-order chi connectivity index (χ0) is 15.8. The second-order valence-corrected chi connectivity index (χ2v) is 12.5. The third kappa shape index (κ3) is 5.31. The van der Waals surface area contributed by atoms with Crippen LogP contribution in [0.4, 0.5) is 0 Å². The topological polar surface area (TPSA) is 9.23 Å². The van der Waals surface area contributed by atoms with E-state index in [1.165, 1.54) is 19.0 Å². The molecule has 20 heavy (non-hydrogen) atoms. The van der Waals surface area contributed by atoms with E-state index in [9.17, 15) is 0 Å². The molecule has 118 valence electrons. The molecule has 3 heteroatoms. The van der Waals surface area contributed by atoms with Crippen LogP contribution in [0.25, 0.3) is 0 Å². The van der Waals surface area contributed by atoms with Crippen molar-refractivity contribution in [3.05, 3.63) is 12.3 Å². The highest BCUT2D eigenvalue weighted by Gasteiger charge is 2.46. The van der Waals surface area contributed by atoms with Gasteiger partial charge < -0.3 is 4.43 Å². The molecule has 0 saturated heterocycles. The Bertz CT molecular complexity index is 248. The van der Waals surface area contributed by atoms with Gasteiger partial charge in [0.15, 0.2) is 0 Å². The van der Waals surface area contributed by atoms with E-state index < -0.39 is 8.32 Å². The zero-order valence-corrected chi connectivity index (χ0v) is 16.2. The smallest absolute Gasteiger partial charge is 0.257 e. The average Bonchev–Trinajstić information content (AvgIpc) is 2.36. The third-order valence-electron chi connectivity index (χ3n) is 4.97. The molecule has 0 aliphatic rings. The molecule has 0 radical (unpaired) electrons. The molecule has 0 spiro atoms. The van der Waals surface area contributed by atoms with Gasteiger partial charge in [0, 0.05) is 0 Å². The van der Waals surface area contributed by atoms with Gasteiger partial charge in [0.25, 0.3) is 8.32 Å². The van der Waals surface area contributed by atoms with Crippen LogP contribution >= 0.6 is 0 Å². The van der Waals surface area contributed by atoms with Gasteiger partial charge in [-0.1, -0.05) is 80.4 Å². The lowest BCUT2D eigenvalue weighted by atomic mass is 9.43. The fourth-order valence-electron chi connectivity index (χ4n) is 3.67. The van der Waals surface area contributed by atoms with Crippen molar-refractivity contribution in [2.45, 2.75) is 97.4 Å². The van der Waals surface area contributed by atoms with E-state index >= 15 is 0 Å². The number of hydrogen-bond donors (Lipinski definition) is 0. The highest BCUT2D eigenvalue weighted by molar-refractivity contribution is 6.77. The quantitative estimate of drug-likeness (QED) is 0.325. The minimum Gasteiger partial charge on any atom is -0.548 e. The van der Waals surface area contributed by atoms with E-state index in [4.69, 9.17) is 4.43 Å². The van der Waals surface area contributed by atoms with Gasteiger partial charge in [0.2, 0.25) is 0 Å². The molecular weight excluding hydrogens is 259 g/mol. The van der Waals surface area contributed by atoms with Crippen molar-refractivity contribution in [1.29, 1.82) is 0 Å². The Hall–Kier alpha value is -0.178. The molecule has 0 aliphatic carbocycles. The lowest BCUT2D eigenvalue weighted by Gasteiger charge is -2.41. The highest BCUT2D eigenvalue weighted by Crippen LogP contribution is 2.42. The van der Waals surface area contributed by atoms with Gasteiger partial charge in [-0.2, -0.15) is 0 Å². The van der Waals surface area contributed by atoms with Gasteiger partial charge in [0.05, 0.1) is 6.26 Å². The summed E-state index contributed by atoms with van der Waals surface area (Å²) in [6, 6.07) is 0. The fourth-order valence-corrected chi connectivity index (χ4v) is 8.82. The summed E-state index contributed by atoms with van der Waals surface area (Å²) < 4.78 is 6.42. The largest absolute Gasteiger partial charge is 0.548 e. The second kappa shape index (κ2) is 9.70. The molecular formula is C17H37BOSi. The van der Waals surface area contributed by atoms with Gasteiger partial charge in [0.1, 0.15) is 6.71 Å². The molecule has 1 nitrogen and oxygen atoms in total. The van der Waals surface area contributed by atoms with Crippen molar-refractivity contribution < 1.29 is 4.43 Å². The Morgan fingerprint density at radius 3 is 1.70 bits per heavy atom. The predicted molar refractivity (Wildman–Crippen MR) is 97.4 cm³/mol. The molecule has 0 aromatic rings. The van der Waals surface area contributed by atoms with Crippen molar-refractivity contribution in [3.63, 3.8) is 0 Å². The molecule has 0 saturated carbocycles. The Morgan fingerprint density at radius 1 is 0.900 bits per heavy atom. The van der Waals surface area contributed by atoms with E-state index in [1.54, 1.807) is 0 Å². The molecule has 0 N–H and O–H groups in total. The maximum Gasteiger partial charge on any atom is 0.257 e. The van der Waals surface area contributed by atoms with Crippen molar-refractivity contribution >= 4 is 15.0 Å². The summed E-state index contributed by atoms with van der Waals surface area (Å²) in [7, 11) is -1.71. The maximum atomic E-state index is 6.42. The van der Waals surface area contributed by atoms with Crippen LogP contribution in [0.5, 0.6) is 0 Å². The molecule has 0 heterocycles. The number of hydrogen-bond acceptors (Lipinski definition) is 1. The molecule has 0 aromatic carbocycles. The van der Waals surface area contributed by atoms with Crippen LogP contribution in [0.3, 0.4) is 0 Å². The van der Waals surface area contributed by atoms with Gasteiger partial charge in [-0.3, -0.25) is 0 Å². The summed E-state index contributed by atoms with van der Waals surface area (Å²) in [6.45, 7) is 19.5. The summed E-state index contributed by atoms with van der Waals surface area (Å²) in [4.78, 5) is 0. The SMILES string of the molecule is CCB(CC)CC/C=C/O[Si](C(C)C)(C(C)C)C(C)C. The molecule has 0 amide bonds. The molecule has 0 fully saturated rings. The summed E-state index contributed by atoms with van der Waals surface area (Å²) in [5.41, 5.74) is 1.98. The van der Waals surface area contributed by atoms with Crippen molar-refractivity contribution in [3.8, 4) is 0 Å². The summed E-state index contributed by atoms with van der Waals surface area (Å²) in [6.07, 6.45) is 9.35. The van der Waals surface area contributed by atoms with Gasteiger partial charge >= 0.3 is 0 Å². The van der Waals surface area contributed by atoms with Gasteiger partial charge in [-0.05, 0) is 23.0 Å². The van der Waals surface area contributed by atoms with E-state index in [1.807, 2.05) is 6.26 Å². The van der Waals surface area contributed by atoms with Crippen molar-refractivity contribution in [1.82, 2.24) is 0 Å². The van der Waals surface area contributed by atoms with Crippen LogP contribution < -0.4 is 0 Å². The Labute approximate surface area is 129 Å². The Balaban J connectivity index is 4.55. The van der Waals surface area contributed by atoms with Crippen LogP contribution in [0.1, 0.15) is 61.8 Å². The minimum atomic E-state index is -1.71. The van der Waals surface area contributed by atoms with Crippen LogP contribution in [0.2, 0.25) is 35.6 Å². The first-order valence-electron chi connectivity index (χ1n) is 8.65. The fraction of sp³-hybridized carbons (Fsp3) is 0.882. The van der Waals surface area contributed by atoms with Gasteiger partial charge in [-0.25, -0.2) is 0 Å². The van der Waals surface area contributed by atoms with E-state index in [-0.39, 0.29) is 0 Å². The third-order valence-corrected chi connectivity index (χ3v) is 10.9. The second-order valence-electron chi connectivity index (χ2n) is 7.07. The lowest BCUT2D eigenvalue weighted by molar-refractivity contribution is 0.415. The molecule has 0 aliphatic heterocycles. The Morgan fingerprint density at radius 2 is 1.35 bits per heavy atom. The highest BCUT2D eigenvalue weighted by atomic mass is 28.4. The zero-order valence-electron chi connectivity index (χ0n) is 15.2. The number of allylic oxidation sites excluding steroid dienone is 1. The molecule has 0 rings (SSSR count). The first-order valence-corrected chi connectivity index (χ1v) is 10.8. The lowest BCUT2D eigenvalue weighted by Crippen LogP contribution is -2.46. The molecule has 0 unspecified atom stereocenters. The number of rotatable bonds is 10. The van der Waals surface area contributed by atoms with Crippen LogP contribution in [0.15, 0.2) is 12.3 Å². The van der Waals surface area contributed by atoms with Crippen molar-refractivity contribution in [2.75, 3.05) is 0 Å². The van der Waals surface area contributed by atoms with Crippen LogP contribution in [-0.2, 0) is 4.43 Å². The minimum absolute atomic E-state index is 0.659. The Kier molecular flexibility index (Phi) is 9.62. The first-order chi connectivity index (χ1) is 9.32. The molecule has 0 atom stereocenters. The van der Waals surface area contributed by atoms with Crippen molar-refractivity contribution in [2.24, 2.45) is 0 Å². The van der Waals surface area contributed by atoms with E-state index in [0.29, 0.717) is 16.6 Å². The first kappa shape index (κ1) is 19.8. The van der Waals surface area contributed by atoms with Crippen LogP contribution in [-0.4, -0.2) is 15.0 Å². The maximum absolute atomic E-state index is 6.42. The van der Waals surface area contributed by atoms with E-state index in [2.05, 4.69) is 61.5 Å². The van der Waals surface area contributed by atoms with E-state index in [0.717, 1.165) is 13.1 Å².